The van der Waals surface area contributed by atoms with E-state index in [0.29, 0.717) is 23.6 Å². The lowest BCUT2D eigenvalue weighted by molar-refractivity contribution is -0.136. The molecular formula is C14H20N2O4. The highest BCUT2D eigenvalue weighted by atomic mass is 16.5. The molecule has 0 bridgehead atoms. The highest BCUT2D eigenvalue weighted by Gasteiger charge is 2.25. The molecule has 20 heavy (non-hydrogen) atoms. The van der Waals surface area contributed by atoms with Gasteiger partial charge in [-0.1, -0.05) is 0 Å². The SMILES string of the molecule is Cc1nc(=O)n(C2CCOC(C)C2)c(C)c1CC(=O)O. The molecule has 110 valence electrons. The molecule has 1 aromatic heterocycles. The molecule has 2 rings (SSSR count). The molecule has 1 saturated heterocycles. The zero-order chi connectivity index (χ0) is 14.9. The Labute approximate surface area is 117 Å². The fourth-order valence-corrected chi connectivity index (χ4v) is 2.86. The van der Waals surface area contributed by atoms with Crippen LogP contribution in [0.25, 0.3) is 0 Å². The second-order valence-corrected chi connectivity index (χ2v) is 5.34. The summed E-state index contributed by atoms with van der Waals surface area (Å²) in [4.78, 5) is 27.1. The van der Waals surface area contributed by atoms with Gasteiger partial charge in [0.2, 0.25) is 0 Å². The summed E-state index contributed by atoms with van der Waals surface area (Å²) in [5.74, 6) is -0.913. The molecule has 0 radical (unpaired) electrons. The van der Waals surface area contributed by atoms with E-state index in [2.05, 4.69) is 4.98 Å². The number of hydrogen-bond donors (Lipinski definition) is 1. The number of carboxylic acids is 1. The number of nitrogens with zero attached hydrogens (tertiary/aromatic N) is 2. The van der Waals surface area contributed by atoms with E-state index < -0.39 is 5.97 Å². The van der Waals surface area contributed by atoms with E-state index >= 15 is 0 Å². The van der Waals surface area contributed by atoms with Crippen LogP contribution in [0.4, 0.5) is 0 Å². The van der Waals surface area contributed by atoms with Crippen LogP contribution in [0.2, 0.25) is 0 Å². The summed E-state index contributed by atoms with van der Waals surface area (Å²) < 4.78 is 7.14. The van der Waals surface area contributed by atoms with Crippen LogP contribution in [0.1, 0.15) is 42.8 Å². The van der Waals surface area contributed by atoms with Gasteiger partial charge in [-0.15, -0.1) is 0 Å². The minimum atomic E-state index is -0.913. The van der Waals surface area contributed by atoms with Gasteiger partial charge in [-0.25, -0.2) is 4.79 Å². The summed E-state index contributed by atoms with van der Waals surface area (Å²) in [7, 11) is 0. The summed E-state index contributed by atoms with van der Waals surface area (Å²) in [5, 5.41) is 8.99. The van der Waals surface area contributed by atoms with Crippen LogP contribution in [-0.4, -0.2) is 33.3 Å². The Balaban J connectivity index is 2.47. The Morgan fingerprint density at radius 1 is 1.50 bits per heavy atom. The zero-order valence-corrected chi connectivity index (χ0v) is 12.0. The van der Waals surface area contributed by atoms with Crippen molar-refractivity contribution < 1.29 is 14.6 Å². The monoisotopic (exact) mass is 280 g/mol. The molecule has 0 amide bonds. The van der Waals surface area contributed by atoms with Crippen LogP contribution in [0, 0.1) is 13.8 Å². The van der Waals surface area contributed by atoms with Crippen molar-refractivity contribution in [2.75, 3.05) is 6.61 Å². The van der Waals surface area contributed by atoms with E-state index in [9.17, 15) is 9.59 Å². The maximum atomic E-state index is 12.2. The summed E-state index contributed by atoms with van der Waals surface area (Å²) in [6.45, 7) is 6.07. The molecule has 1 aliphatic rings. The summed E-state index contributed by atoms with van der Waals surface area (Å²) in [5.41, 5.74) is 1.56. The molecule has 2 atom stereocenters. The molecule has 2 unspecified atom stereocenters. The number of ether oxygens (including phenoxy) is 1. The van der Waals surface area contributed by atoms with Crippen LogP contribution >= 0.6 is 0 Å². The molecule has 1 aromatic rings. The Morgan fingerprint density at radius 3 is 2.80 bits per heavy atom. The van der Waals surface area contributed by atoms with Gasteiger partial charge in [-0.2, -0.15) is 4.98 Å². The third-order valence-corrected chi connectivity index (χ3v) is 3.85. The number of aliphatic carboxylic acids is 1. The Bertz CT molecular complexity index is 579. The Morgan fingerprint density at radius 2 is 2.20 bits per heavy atom. The van der Waals surface area contributed by atoms with Gasteiger partial charge in [0.25, 0.3) is 0 Å². The average Bonchev–Trinajstić information content (AvgIpc) is 2.34. The molecule has 2 heterocycles. The van der Waals surface area contributed by atoms with Crippen LogP contribution in [-0.2, 0) is 16.0 Å². The average molecular weight is 280 g/mol. The first-order valence-electron chi connectivity index (χ1n) is 6.82. The van der Waals surface area contributed by atoms with Gasteiger partial charge in [-0.3, -0.25) is 9.36 Å². The van der Waals surface area contributed by atoms with Gasteiger partial charge in [-0.05, 0) is 33.6 Å². The second-order valence-electron chi connectivity index (χ2n) is 5.34. The van der Waals surface area contributed by atoms with Crippen molar-refractivity contribution >= 4 is 5.97 Å². The van der Waals surface area contributed by atoms with Gasteiger partial charge in [0.15, 0.2) is 0 Å². The lowest BCUT2D eigenvalue weighted by Gasteiger charge is -2.30. The molecule has 0 aliphatic carbocycles. The third-order valence-electron chi connectivity index (χ3n) is 3.85. The first-order valence-corrected chi connectivity index (χ1v) is 6.82. The zero-order valence-electron chi connectivity index (χ0n) is 12.0. The summed E-state index contributed by atoms with van der Waals surface area (Å²) >= 11 is 0. The second kappa shape index (κ2) is 5.75. The predicted molar refractivity (Wildman–Crippen MR) is 73.0 cm³/mol. The minimum absolute atomic E-state index is 0.0342. The quantitative estimate of drug-likeness (QED) is 0.900. The van der Waals surface area contributed by atoms with Crippen molar-refractivity contribution in [1.82, 2.24) is 9.55 Å². The van der Waals surface area contributed by atoms with Crippen molar-refractivity contribution in [2.24, 2.45) is 0 Å². The highest BCUT2D eigenvalue weighted by molar-refractivity contribution is 5.70. The van der Waals surface area contributed by atoms with E-state index in [0.717, 1.165) is 12.8 Å². The largest absolute Gasteiger partial charge is 0.481 e. The Kier molecular flexibility index (Phi) is 4.23. The number of hydrogen-bond acceptors (Lipinski definition) is 4. The molecule has 0 spiro atoms. The van der Waals surface area contributed by atoms with Crippen LogP contribution in [0.5, 0.6) is 0 Å². The topological polar surface area (TPSA) is 81.4 Å². The predicted octanol–water partition coefficient (Wildman–Crippen LogP) is 1.23. The van der Waals surface area contributed by atoms with Crippen molar-refractivity contribution in [2.45, 2.75) is 52.2 Å². The standard InChI is InChI=1S/C14H20N2O4/c1-8-6-11(4-5-20-8)16-10(3)12(7-13(17)18)9(2)15-14(16)19/h8,11H,4-7H2,1-3H3,(H,17,18). The third kappa shape index (κ3) is 2.90. The molecule has 1 fully saturated rings. The fraction of sp³-hybridized carbons (Fsp3) is 0.643. The number of aromatic nitrogens is 2. The molecule has 6 heteroatoms. The van der Waals surface area contributed by atoms with Gasteiger partial charge >= 0.3 is 11.7 Å². The number of rotatable bonds is 3. The van der Waals surface area contributed by atoms with Gasteiger partial charge in [0.05, 0.1) is 12.5 Å². The summed E-state index contributed by atoms with van der Waals surface area (Å²) in [6.07, 6.45) is 1.49. The van der Waals surface area contributed by atoms with E-state index in [1.54, 1.807) is 18.4 Å². The van der Waals surface area contributed by atoms with E-state index in [4.69, 9.17) is 9.84 Å². The smallest absolute Gasteiger partial charge is 0.348 e. The lowest BCUT2D eigenvalue weighted by atomic mass is 10.0. The first-order chi connectivity index (χ1) is 9.40. The molecule has 6 nitrogen and oxygen atoms in total. The molecule has 1 aliphatic heterocycles. The van der Waals surface area contributed by atoms with E-state index in [1.807, 2.05) is 6.92 Å². The van der Waals surface area contributed by atoms with Crippen LogP contribution in [0.15, 0.2) is 4.79 Å². The Hall–Kier alpha value is -1.69. The van der Waals surface area contributed by atoms with Gasteiger partial charge in [0, 0.05) is 29.6 Å². The van der Waals surface area contributed by atoms with Crippen molar-refractivity contribution in [3.63, 3.8) is 0 Å². The van der Waals surface area contributed by atoms with E-state index in [1.165, 1.54) is 0 Å². The number of carbonyl (C=O) groups is 1. The summed E-state index contributed by atoms with van der Waals surface area (Å²) in [6, 6.07) is 0.0342. The molecule has 0 aromatic carbocycles. The molecule has 1 N–H and O–H groups in total. The normalized spacial score (nSPS) is 22.8. The highest BCUT2D eigenvalue weighted by Crippen LogP contribution is 2.26. The van der Waals surface area contributed by atoms with Gasteiger partial charge in [0.1, 0.15) is 0 Å². The lowest BCUT2D eigenvalue weighted by Crippen LogP contribution is -2.36. The number of carboxylic acid groups (broad SMARTS) is 1. The number of aryl methyl sites for hydroxylation is 1. The molecular weight excluding hydrogens is 260 g/mol. The minimum Gasteiger partial charge on any atom is -0.481 e. The van der Waals surface area contributed by atoms with Crippen molar-refractivity contribution in [1.29, 1.82) is 0 Å². The van der Waals surface area contributed by atoms with Crippen molar-refractivity contribution in [3.8, 4) is 0 Å². The maximum Gasteiger partial charge on any atom is 0.348 e. The van der Waals surface area contributed by atoms with E-state index in [-0.39, 0.29) is 24.3 Å². The van der Waals surface area contributed by atoms with Crippen molar-refractivity contribution in [3.05, 3.63) is 27.4 Å². The molecule has 0 saturated carbocycles. The fourth-order valence-electron chi connectivity index (χ4n) is 2.86. The maximum absolute atomic E-state index is 12.2. The van der Waals surface area contributed by atoms with Gasteiger partial charge < -0.3 is 9.84 Å². The first kappa shape index (κ1) is 14.7. The van der Waals surface area contributed by atoms with Crippen LogP contribution in [0.3, 0.4) is 0 Å². The van der Waals surface area contributed by atoms with Crippen LogP contribution < -0.4 is 5.69 Å².